The molecule has 1 N–H and O–H groups in total. The van der Waals surface area contributed by atoms with E-state index in [0.717, 1.165) is 42.9 Å². The first-order valence-electron chi connectivity index (χ1n) is 8.06. The standard InChI is InChI=1S/C18H22N4O/c1-22(12-9-16-6-2-3-10-19-16)17-15(5-4-11-20-17)13-21-18(23)14-7-8-14/h2-6,10-11,14H,7-9,12-13H2,1H3,(H,21,23). The molecule has 2 aromatic heterocycles. The predicted octanol–water partition coefficient (Wildman–Crippen LogP) is 2.18. The minimum absolute atomic E-state index is 0.163. The molecule has 0 unspecified atom stereocenters. The third-order valence-electron chi connectivity index (χ3n) is 4.06. The molecule has 1 aliphatic carbocycles. The molecule has 23 heavy (non-hydrogen) atoms. The van der Waals surface area contributed by atoms with Crippen LogP contribution in [0.1, 0.15) is 24.1 Å². The highest BCUT2D eigenvalue weighted by atomic mass is 16.2. The van der Waals surface area contributed by atoms with Gasteiger partial charge in [-0.1, -0.05) is 12.1 Å². The number of rotatable bonds is 7. The summed E-state index contributed by atoms with van der Waals surface area (Å²) in [7, 11) is 2.03. The van der Waals surface area contributed by atoms with Gasteiger partial charge >= 0.3 is 0 Å². The number of nitrogens with zero attached hydrogens (tertiary/aromatic N) is 3. The molecule has 0 aliphatic heterocycles. The topological polar surface area (TPSA) is 58.1 Å². The van der Waals surface area contributed by atoms with Gasteiger partial charge in [0, 0.05) is 56.1 Å². The molecule has 5 heteroatoms. The molecule has 0 spiro atoms. The quantitative estimate of drug-likeness (QED) is 0.851. The van der Waals surface area contributed by atoms with E-state index in [1.54, 1.807) is 6.20 Å². The van der Waals surface area contributed by atoms with Crippen molar-refractivity contribution in [1.82, 2.24) is 15.3 Å². The molecule has 2 aromatic rings. The maximum atomic E-state index is 11.8. The van der Waals surface area contributed by atoms with E-state index >= 15 is 0 Å². The van der Waals surface area contributed by atoms with E-state index in [-0.39, 0.29) is 11.8 Å². The Labute approximate surface area is 136 Å². The lowest BCUT2D eigenvalue weighted by molar-refractivity contribution is -0.122. The Hall–Kier alpha value is -2.43. The van der Waals surface area contributed by atoms with Gasteiger partial charge < -0.3 is 10.2 Å². The summed E-state index contributed by atoms with van der Waals surface area (Å²) in [6.45, 7) is 1.37. The van der Waals surface area contributed by atoms with Gasteiger partial charge in [0.05, 0.1) is 0 Å². The fourth-order valence-electron chi connectivity index (χ4n) is 2.52. The Kier molecular flexibility index (Phi) is 4.86. The van der Waals surface area contributed by atoms with Crippen LogP contribution < -0.4 is 10.2 Å². The van der Waals surface area contributed by atoms with Crippen LogP contribution in [0.3, 0.4) is 0 Å². The first-order chi connectivity index (χ1) is 11.2. The van der Waals surface area contributed by atoms with E-state index < -0.39 is 0 Å². The number of likely N-dealkylation sites (N-methyl/N-ethyl adjacent to an activating group) is 1. The highest BCUT2D eigenvalue weighted by Crippen LogP contribution is 2.29. The van der Waals surface area contributed by atoms with E-state index in [1.165, 1.54) is 0 Å². The Morgan fingerprint density at radius 3 is 2.78 bits per heavy atom. The molecular weight excluding hydrogens is 288 g/mol. The zero-order valence-corrected chi connectivity index (χ0v) is 13.4. The number of pyridine rings is 2. The summed E-state index contributed by atoms with van der Waals surface area (Å²) in [4.78, 5) is 22.8. The van der Waals surface area contributed by atoms with Crippen LogP contribution in [0.4, 0.5) is 5.82 Å². The lowest BCUT2D eigenvalue weighted by Gasteiger charge is -2.21. The molecule has 3 rings (SSSR count). The number of nitrogens with one attached hydrogen (secondary N) is 1. The number of aromatic nitrogens is 2. The minimum atomic E-state index is 0.163. The normalized spacial score (nSPS) is 13.6. The zero-order valence-electron chi connectivity index (χ0n) is 13.4. The maximum absolute atomic E-state index is 11.8. The Balaban J connectivity index is 1.60. The molecule has 1 saturated carbocycles. The molecule has 0 radical (unpaired) electrons. The van der Waals surface area contributed by atoms with Gasteiger partial charge in [-0.05, 0) is 31.0 Å². The van der Waals surface area contributed by atoms with Crippen LogP contribution in [0.25, 0.3) is 0 Å². The second-order valence-corrected chi connectivity index (χ2v) is 5.97. The van der Waals surface area contributed by atoms with Crippen LogP contribution >= 0.6 is 0 Å². The molecule has 0 aromatic carbocycles. The highest BCUT2D eigenvalue weighted by molar-refractivity contribution is 5.80. The lowest BCUT2D eigenvalue weighted by Crippen LogP contribution is -2.27. The molecule has 120 valence electrons. The van der Waals surface area contributed by atoms with Crippen molar-refractivity contribution in [3.8, 4) is 0 Å². The summed E-state index contributed by atoms with van der Waals surface area (Å²) in [5.41, 5.74) is 2.11. The summed E-state index contributed by atoms with van der Waals surface area (Å²) in [5.74, 6) is 1.31. The number of hydrogen-bond donors (Lipinski definition) is 1. The van der Waals surface area contributed by atoms with E-state index in [2.05, 4.69) is 20.2 Å². The van der Waals surface area contributed by atoms with Gasteiger partial charge in [-0.25, -0.2) is 4.98 Å². The average Bonchev–Trinajstić information content (AvgIpc) is 3.44. The van der Waals surface area contributed by atoms with Crippen LogP contribution in [0.2, 0.25) is 0 Å². The summed E-state index contributed by atoms with van der Waals surface area (Å²) >= 11 is 0. The molecule has 5 nitrogen and oxygen atoms in total. The van der Waals surface area contributed by atoms with Crippen LogP contribution in [0.5, 0.6) is 0 Å². The summed E-state index contributed by atoms with van der Waals surface area (Å²) < 4.78 is 0. The minimum Gasteiger partial charge on any atom is -0.359 e. The first kappa shape index (κ1) is 15.5. The highest BCUT2D eigenvalue weighted by Gasteiger charge is 2.29. The maximum Gasteiger partial charge on any atom is 0.223 e. The van der Waals surface area contributed by atoms with Crippen LogP contribution in [-0.4, -0.2) is 29.5 Å². The number of carbonyl (C=O) groups excluding carboxylic acids is 1. The predicted molar refractivity (Wildman–Crippen MR) is 90.0 cm³/mol. The van der Waals surface area contributed by atoms with Gasteiger partial charge in [0.25, 0.3) is 0 Å². The van der Waals surface area contributed by atoms with E-state index in [0.29, 0.717) is 6.54 Å². The SMILES string of the molecule is CN(CCc1ccccn1)c1ncccc1CNC(=O)C1CC1. The van der Waals surface area contributed by atoms with Crippen molar-refractivity contribution < 1.29 is 4.79 Å². The van der Waals surface area contributed by atoms with Crippen LogP contribution in [0, 0.1) is 5.92 Å². The summed E-state index contributed by atoms with van der Waals surface area (Å²) in [5, 5.41) is 3.01. The number of carbonyl (C=O) groups is 1. The Morgan fingerprint density at radius 2 is 2.04 bits per heavy atom. The molecule has 1 amide bonds. The number of anilines is 1. The van der Waals surface area contributed by atoms with Gasteiger partial charge in [-0.2, -0.15) is 0 Å². The van der Waals surface area contributed by atoms with Crippen molar-refractivity contribution in [3.63, 3.8) is 0 Å². The molecule has 0 bridgehead atoms. The Morgan fingerprint density at radius 1 is 1.22 bits per heavy atom. The Bertz CT molecular complexity index is 655. The lowest BCUT2D eigenvalue weighted by atomic mass is 10.2. The molecular formula is C18H22N4O. The van der Waals surface area contributed by atoms with Crippen molar-refractivity contribution >= 4 is 11.7 Å². The van der Waals surface area contributed by atoms with Crippen molar-refractivity contribution in [1.29, 1.82) is 0 Å². The fraction of sp³-hybridized carbons (Fsp3) is 0.389. The van der Waals surface area contributed by atoms with E-state index in [4.69, 9.17) is 0 Å². The van der Waals surface area contributed by atoms with Crippen molar-refractivity contribution in [2.24, 2.45) is 5.92 Å². The van der Waals surface area contributed by atoms with Gasteiger partial charge in [0.15, 0.2) is 0 Å². The van der Waals surface area contributed by atoms with E-state index in [1.807, 2.05) is 43.6 Å². The van der Waals surface area contributed by atoms with Gasteiger partial charge in [0.2, 0.25) is 5.91 Å². The third-order valence-corrected chi connectivity index (χ3v) is 4.06. The molecule has 1 aliphatic rings. The van der Waals surface area contributed by atoms with Gasteiger partial charge in [-0.15, -0.1) is 0 Å². The van der Waals surface area contributed by atoms with Crippen molar-refractivity contribution in [2.45, 2.75) is 25.8 Å². The second-order valence-electron chi connectivity index (χ2n) is 5.97. The van der Waals surface area contributed by atoms with Crippen molar-refractivity contribution in [3.05, 3.63) is 54.0 Å². The number of amides is 1. The smallest absolute Gasteiger partial charge is 0.223 e. The van der Waals surface area contributed by atoms with Gasteiger partial charge in [0.1, 0.15) is 5.82 Å². The molecule has 1 fully saturated rings. The fourth-order valence-corrected chi connectivity index (χ4v) is 2.52. The van der Waals surface area contributed by atoms with Gasteiger partial charge in [-0.3, -0.25) is 9.78 Å². The van der Waals surface area contributed by atoms with Crippen LogP contribution in [0.15, 0.2) is 42.7 Å². The first-order valence-corrected chi connectivity index (χ1v) is 8.06. The third kappa shape index (κ3) is 4.28. The van der Waals surface area contributed by atoms with Crippen molar-refractivity contribution in [2.75, 3.05) is 18.5 Å². The van der Waals surface area contributed by atoms with Crippen LogP contribution in [-0.2, 0) is 17.8 Å². The zero-order chi connectivity index (χ0) is 16.1. The molecule has 0 saturated heterocycles. The monoisotopic (exact) mass is 310 g/mol. The summed E-state index contributed by atoms with van der Waals surface area (Å²) in [6.07, 6.45) is 6.51. The molecule has 0 atom stereocenters. The molecule has 2 heterocycles. The number of hydrogen-bond acceptors (Lipinski definition) is 4. The summed E-state index contributed by atoms with van der Waals surface area (Å²) in [6, 6.07) is 9.89. The average molecular weight is 310 g/mol. The largest absolute Gasteiger partial charge is 0.359 e. The van der Waals surface area contributed by atoms with E-state index in [9.17, 15) is 4.79 Å². The second kappa shape index (κ2) is 7.22.